The van der Waals surface area contributed by atoms with Crippen molar-refractivity contribution in [2.24, 2.45) is 0 Å². The van der Waals surface area contributed by atoms with Gasteiger partial charge in [-0.2, -0.15) is 9.97 Å². The molecule has 0 saturated heterocycles. The summed E-state index contributed by atoms with van der Waals surface area (Å²) in [5.41, 5.74) is 5.90. The van der Waals surface area contributed by atoms with E-state index in [1.807, 2.05) is 102 Å². The molecule has 0 radical (unpaired) electrons. The number of benzene rings is 9. The Morgan fingerprint density at radius 2 is 1.10 bits per heavy atom. The summed E-state index contributed by atoms with van der Waals surface area (Å²) in [6.07, 6.45) is 0. The van der Waals surface area contributed by atoms with E-state index < -0.39 is 65.5 Å². The second kappa shape index (κ2) is 12.8. The highest BCUT2D eigenvalue weighted by atomic mass is 15.3. The summed E-state index contributed by atoms with van der Waals surface area (Å²) in [4.78, 5) is 17.3. The number of fused-ring (bicyclic) bond motifs is 7. The van der Waals surface area contributed by atoms with E-state index in [2.05, 4.69) is 53.1 Å². The van der Waals surface area contributed by atoms with E-state index in [4.69, 9.17) is 21.8 Å². The third-order valence-corrected chi connectivity index (χ3v) is 10.9. The number of hydrogen-bond acceptors (Lipinski definition) is 4. The molecular formula is C53H33N5. The summed E-state index contributed by atoms with van der Waals surface area (Å²) in [5.74, 6) is 0.210. The van der Waals surface area contributed by atoms with E-state index in [9.17, 15) is 5.48 Å². The van der Waals surface area contributed by atoms with Crippen LogP contribution in [0.15, 0.2) is 200 Å². The second-order valence-corrected chi connectivity index (χ2v) is 14.1. The molecule has 5 heteroatoms. The third-order valence-electron chi connectivity index (χ3n) is 10.9. The average Bonchev–Trinajstić information content (AvgIpc) is 3.69. The number of anilines is 3. The first kappa shape index (κ1) is 24.6. The van der Waals surface area contributed by atoms with Crippen molar-refractivity contribution in [1.82, 2.24) is 19.5 Å². The van der Waals surface area contributed by atoms with Crippen molar-refractivity contribution in [2.75, 3.05) is 4.90 Å². The fraction of sp³-hybridized carbons (Fsp3) is 0. The van der Waals surface area contributed by atoms with Crippen LogP contribution in [0.1, 0.15) is 12.3 Å². The molecule has 0 spiro atoms. The lowest BCUT2D eigenvalue weighted by atomic mass is 9.88. The quantitative estimate of drug-likeness (QED) is 0.176. The van der Waals surface area contributed by atoms with Crippen LogP contribution >= 0.6 is 0 Å². The van der Waals surface area contributed by atoms with Gasteiger partial charge in [0.15, 0.2) is 11.6 Å². The maximum atomic E-state index is 9.47. The lowest BCUT2D eigenvalue weighted by Crippen LogP contribution is -2.19. The van der Waals surface area contributed by atoms with Crippen LogP contribution in [-0.2, 0) is 0 Å². The molecular weight excluding hydrogens is 707 g/mol. The molecule has 0 atom stereocenters. The molecule has 12 rings (SSSR count). The zero-order valence-corrected chi connectivity index (χ0v) is 30.6. The minimum absolute atomic E-state index is 0.151. The number of nitrogens with zero attached hydrogens (tertiary/aromatic N) is 5. The highest BCUT2D eigenvalue weighted by molar-refractivity contribution is 6.19. The Morgan fingerprint density at radius 1 is 0.431 bits per heavy atom. The summed E-state index contributed by atoms with van der Waals surface area (Å²) >= 11 is 0. The Hall–Kier alpha value is -7.89. The number of para-hydroxylation sites is 2. The van der Waals surface area contributed by atoms with Gasteiger partial charge in [0.1, 0.15) is 0 Å². The van der Waals surface area contributed by atoms with E-state index in [-0.39, 0.29) is 23.2 Å². The van der Waals surface area contributed by atoms with Crippen LogP contribution in [0, 0.1) is 0 Å². The fourth-order valence-electron chi connectivity index (χ4n) is 8.39. The maximum absolute atomic E-state index is 9.47. The third kappa shape index (κ3) is 5.00. The highest BCUT2D eigenvalue weighted by Crippen LogP contribution is 2.52. The molecule has 11 aromatic rings. The van der Waals surface area contributed by atoms with Gasteiger partial charge < -0.3 is 4.57 Å². The van der Waals surface area contributed by atoms with Crippen molar-refractivity contribution < 1.29 is 12.3 Å². The topological polar surface area (TPSA) is 46.8 Å². The normalized spacial score (nSPS) is 14.3. The number of aromatic nitrogens is 4. The Bertz CT molecular complexity index is 3880. The fourth-order valence-corrected chi connectivity index (χ4v) is 8.39. The van der Waals surface area contributed by atoms with E-state index in [0.717, 1.165) is 71.5 Å². The summed E-state index contributed by atoms with van der Waals surface area (Å²) in [6.45, 7) is 0. The van der Waals surface area contributed by atoms with Gasteiger partial charge in [-0.1, -0.05) is 164 Å². The Labute approximate surface area is 347 Å². The van der Waals surface area contributed by atoms with Gasteiger partial charge in [0.25, 0.3) is 0 Å². The summed E-state index contributed by atoms with van der Waals surface area (Å²) < 4.78 is 81.7. The number of rotatable bonds is 5. The van der Waals surface area contributed by atoms with Crippen LogP contribution in [0.3, 0.4) is 0 Å². The Morgan fingerprint density at radius 3 is 1.95 bits per heavy atom. The van der Waals surface area contributed by atoms with Crippen molar-refractivity contribution in [3.8, 4) is 50.7 Å². The lowest BCUT2D eigenvalue weighted by Gasteiger charge is -2.32. The second-order valence-electron chi connectivity index (χ2n) is 14.1. The van der Waals surface area contributed by atoms with Crippen LogP contribution in [0.5, 0.6) is 0 Å². The smallest absolute Gasteiger partial charge is 0.238 e. The molecule has 1 aliphatic rings. The predicted octanol–water partition coefficient (Wildman–Crippen LogP) is 13.7. The molecule has 58 heavy (non-hydrogen) atoms. The van der Waals surface area contributed by atoms with Crippen LogP contribution in [0.2, 0.25) is 0 Å². The van der Waals surface area contributed by atoms with Crippen molar-refractivity contribution in [3.05, 3.63) is 200 Å². The SMILES string of the molecule is [2H]c1c([2H])c([2H])c(-c2c([2H])c([2H])c(-c3nc(-c4ccc5c6ccccc6n(-c6ccccc6)c5c4)nc(N4c5ccc6ccccc6c5-c5cccc6cccc4c56)n3)c([2H])c2[2H])c([2H])c1[2H]. The van der Waals surface area contributed by atoms with E-state index in [1.165, 1.54) is 0 Å². The molecule has 0 fully saturated rings. The minimum atomic E-state index is -0.654. The Balaban J connectivity index is 1.17. The van der Waals surface area contributed by atoms with Gasteiger partial charge in [0.05, 0.1) is 34.7 Å². The standard InChI is InChI=1S/C53H33N5/c1-3-13-34(14-4-1)35-25-27-38(28-26-35)51-54-52(39-29-31-43-42-21-9-10-23-45(42)57(48(43)33-39)40-18-5-2-6-19-40)56-53(55-51)58-46-24-12-17-37-16-11-22-44(49(37)46)50-41-20-8-7-15-36(41)30-32-47(50)58/h1-33H/i1D,3D,4D,13D,14D,25D,26D,27D,28D. The van der Waals surface area contributed by atoms with Gasteiger partial charge in [-0.15, -0.1) is 0 Å². The molecule has 3 heterocycles. The molecule has 0 bridgehead atoms. The molecule has 0 saturated carbocycles. The van der Waals surface area contributed by atoms with Gasteiger partial charge in [0, 0.05) is 38.5 Å². The molecule has 270 valence electrons. The van der Waals surface area contributed by atoms with Gasteiger partial charge in [-0.3, -0.25) is 4.90 Å². The first-order valence-corrected chi connectivity index (χ1v) is 18.9. The molecule has 2 aromatic heterocycles. The molecule has 0 N–H and O–H groups in total. The Kier molecular flexibility index (Phi) is 5.44. The predicted molar refractivity (Wildman–Crippen MR) is 239 cm³/mol. The zero-order chi connectivity index (χ0) is 46.0. The monoisotopic (exact) mass is 748 g/mol. The molecule has 0 amide bonds. The van der Waals surface area contributed by atoms with E-state index in [1.54, 1.807) is 0 Å². The van der Waals surface area contributed by atoms with Crippen LogP contribution in [0.4, 0.5) is 17.3 Å². The lowest BCUT2D eigenvalue weighted by molar-refractivity contribution is 1.02. The van der Waals surface area contributed by atoms with E-state index >= 15 is 0 Å². The molecule has 5 nitrogen and oxygen atoms in total. The van der Waals surface area contributed by atoms with Crippen LogP contribution in [0.25, 0.3) is 94.1 Å². The van der Waals surface area contributed by atoms with Crippen molar-refractivity contribution in [2.45, 2.75) is 0 Å². The average molecular weight is 749 g/mol. The summed E-state index contributed by atoms with van der Waals surface area (Å²) in [6, 6.07) is 43.1. The molecule has 9 aromatic carbocycles. The zero-order valence-electron chi connectivity index (χ0n) is 39.6. The molecule has 1 aliphatic heterocycles. The van der Waals surface area contributed by atoms with Gasteiger partial charge in [-0.05, 0) is 69.2 Å². The van der Waals surface area contributed by atoms with Gasteiger partial charge in [0.2, 0.25) is 5.95 Å². The molecule has 0 unspecified atom stereocenters. The highest BCUT2D eigenvalue weighted by Gasteiger charge is 2.30. The number of hydrogen-bond donors (Lipinski definition) is 0. The van der Waals surface area contributed by atoms with Crippen molar-refractivity contribution >= 4 is 60.7 Å². The van der Waals surface area contributed by atoms with Gasteiger partial charge >= 0.3 is 0 Å². The van der Waals surface area contributed by atoms with Gasteiger partial charge in [-0.25, -0.2) is 4.98 Å². The van der Waals surface area contributed by atoms with Crippen LogP contribution < -0.4 is 4.90 Å². The summed E-state index contributed by atoms with van der Waals surface area (Å²) in [5, 5.41) is 6.08. The largest absolute Gasteiger partial charge is 0.309 e. The maximum Gasteiger partial charge on any atom is 0.238 e. The van der Waals surface area contributed by atoms with Crippen molar-refractivity contribution in [3.63, 3.8) is 0 Å². The first-order chi connectivity index (χ1) is 32.5. The minimum Gasteiger partial charge on any atom is -0.309 e. The summed E-state index contributed by atoms with van der Waals surface area (Å²) in [7, 11) is 0. The molecule has 0 aliphatic carbocycles. The van der Waals surface area contributed by atoms with Crippen molar-refractivity contribution in [1.29, 1.82) is 0 Å². The van der Waals surface area contributed by atoms with Crippen LogP contribution in [-0.4, -0.2) is 19.5 Å². The van der Waals surface area contributed by atoms with E-state index in [0.29, 0.717) is 5.56 Å². The first-order valence-electron chi connectivity index (χ1n) is 23.4.